The molecule has 0 aliphatic carbocycles. The molecule has 4 rings (SSSR count). The number of carbonyl (C=O) groups excluding carboxylic acids is 1. The lowest BCUT2D eigenvalue weighted by Gasteiger charge is -2.28. The molecule has 160 valence electrons. The molecule has 0 saturated carbocycles. The zero-order valence-electron chi connectivity index (χ0n) is 16.8. The molecule has 1 atom stereocenters. The normalized spacial score (nSPS) is 12.8. The number of fused-ring (bicyclic) bond motifs is 1. The van der Waals surface area contributed by atoms with Crippen molar-refractivity contribution in [2.45, 2.75) is 12.5 Å². The summed E-state index contributed by atoms with van der Waals surface area (Å²) in [6, 6.07) is 17.9. The molecule has 0 aliphatic rings. The van der Waals surface area contributed by atoms with E-state index in [1.54, 1.807) is 43.3 Å². The van der Waals surface area contributed by atoms with Crippen molar-refractivity contribution in [2.24, 2.45) is 0 Å². The molecule has 1 aromatic heterocycles. The number of amides is 1. The fourth-order valence-corrected chi connectivity index (χ4v) is 3.46. The molecule has 9 heteroatoms. The molecule has 0 fully saturated rings. The zero-order valence-corrected chi connectivity index (χ0v) is 16.8. The summed E-state index contributed by atoms with van der Waals surface area (Å²) in [7, 11) is 0. The van der Waals surface area contributed by atoms with E-state index in [9.17, 15) is 24.8 Å². The average molecular weight is 431 g/mol. The predicted molar refractivity (Wildman–Crippen MR) is 116 cm³/mol. The first-order valence-corrected chi connectivity index (χ1v) is 9.55. The number of nitro benzene ring substituents is 1. The second-order valence-electron chi connectivity index (χ2n) is 7.15. The molecule has 0 bridgehead atoms. The number of rotatable bonds is 5. The summed E-state index contributed by atoms with van der Waals surface area (Å²) in [4.78, 5) is 35.6. The number of hydrogen-bond donors (Lipinski definition) is 2. The molecular formula is C23H17N3O6. The summed E-state index contributed by atoms with van der Waals surface area (Å²) >= 11 is 0. The van der Waals surface area contributed by atoms with Gasteiger partial charge in [0.25, 0.3) is 11.6 Å². The maximum Gasteiger partial charge on any atom is 0.366 e. The van der Waals surface area contributed by atoms with Crippen LogP contribution in [0.5, 0.6) is 0 Å². The van der Waals surface area contributed by atoms with Gasteiger partial charge in [-0.25, -0.2) is 4.79 Å². The summed E-state index contributed by atoms with van der Waals surface area (Å²) in [6.45, 7) is 1.66. The molecule has 32 heavy (non-hydrogen) atoms. The van der Waals surface area contributed by atoms with Crippen LogP contribution in [0.3, 0.4) is 0 Å². The van der Waals surface area contributed by atoms with Gasteiger partial charge in [-0.1, -0.05) is 35.5 Å². The van der Waals surface area contributed by atoms with E-state index >= 15 is 0 Å². The summed E-state index contributed by atoms with van der Waals surface area (Å²) in [5.74, 6) is -0.773. The van der Waals surface area contributed by atoms with E-state index in [-0.39, 0.29) is 16.8 Å². The average Bonchev–Trinajstić information content (AvgIpc) is 2.81. The number of carbonyl (C=O) groups is 1. The highest BCUT2D eigenvalue weighted by Crippen LogP contribution is 2.32. The van der Waals surface area contributed by atoms with Crippen molar-refractivity contribution in [3.63, 3.8) is 0 Å². The van der Waals surface area contributed by atoms with Gasteiger partial charge in [0.05, 0.1) is 16.0 Å². The van der Waals surface area contributed by atoms with E-state index in [0.29, 0.717) is 22.2 Å². The number of aromatic nitrogens is 1. The van der Waals surface area contributed by atoms with Gasteiger partial charge in [0.1, 0.15) is 0 Å². The quantitative estimate of drug-likeness (QED) is 0.366. The molecule has 2 N–H and O–H groups in total. The van der Waals surface area contributed by atoms with Crippen LogP contribution in [-0.4, -0.2) is 21.1 Å². The fraction of sp³-hybridized carbons (Fsp3) is 0.0870. The van der Waals surface area contributed by atoms with Gasteiger partial charge >= 0.3 is 5.63 Å². The standard InChI is InChI=1S/C23H17N3O6/c1-14-20-13-17(9-12-19(20)21(27)32-25-14)24-22(28)23(29,15-5-3-2-4-6-15)16-7-10-18(11-8-16)26(30)31/h2-13,29H,1H3,(H,24,28). The van der Waals surface area contributed by atoms with Crippen molar-refractivity contribution in [1.29, 1.82) is 0 Å². The number of nitrogens with one attached hydrogen (secondary N) is 1. The van der Waals surface area contributed by atoms with E-state index in [1.165, 1.54) is 36.4 Å². The van der Waals surface area contributed by atoms with E-state index in [0.717, 1.165) is 0 Å². The molecule has 1 heterocycles. The highest BCUT2D eigenvalue weighted by atomic mass is 16.6. The first-order valence-electron chi connectivity index (χ1n) is 9.55. The lowest BCUT2D eigenvalue weighted by atomic mass is 9.85. The molecule has 0 spiro atoms. The number of benzene rings is 3. The van der Waals surface area contributed by atoms with Gasteiger partial charge in [-0.3, -0.25) is 14.9 Å². The van der Waals surface area contributed by atoms with Crippen LogP contribution in [0.15, 0.2) is 82.1 Å². The van der Waals surface area contributed by atoms with Gasteiger partial charge in [-0.15, -0.1) is 0 Å². The summed E-state index contributed by atoms with van der Waals surface area (Å²) in [6.07, 6.45) is 0. The number of anilines is 1. The Morgan fingerprint density at radius 1 is 1.03 bits per heavy atom. The van der Waals surface area contributed by atoms with Gasteiger partial charge in [-0.05, 0) is 48.4 Å². The van der Waals surface area contributed by atoms with Crippen LogP contribution in [0.4, 0.5) is 11.4 Å². The number of non-ortho nitro benzene ring substituents is 1. The second kappa shape index (κ2) is 8.05. The predicted octanol–water partition coefficient (Wildman–Crippen LogP) is 3.28. The summed E-state index contributed by atoms with van der Waals surface area (Å²) in [5.41, 5.74) is -1.67. The highest BCUT2D eigenvalue weighted by molar-refractivity contribution is 6.01. The van der Waals surface area contributed by atoms with E-state index in [2.05, 4.69) is 10.5 Å². The second-order valence-corrected chi connectivity index (χ2v) is 7.15. The van der Waals surface area contributed by atoms with Crippen LogP contribution in [0.1, 0.15) is 16.8 Å². The zero-order chi connectivity index (χ0) is 22.9. The van der Waals surface area contributed by atoms with E-state index < -0.39 is 22.1 Å². The Labute approximate surface area is 181 Å². The minimum Gasteiger partial charge on any atom is -0.372 e. The number of aryl methyl sites for hydroxylation is 1. The van der Waals surface area contributed by atoms with Crippen LogP contribution >= 0.6 is 0 Å². The van der Waals surface area contributed by atoms with Crippen LogP contribution in [0, 0.1) is 17.0 Å². The topological polar surface area (TPSA) is 136 Å². The molecule has 3 aromatic carbocycles. The van der Waals surface area contributed by atoms with E-state index in [1.807, 2.05) is 0 Å². The van der Waals surface area contributed by atoms with Crippen molar-refractivity contribution < 1.29 is 19.3 Å². The Balaban J connectivity index is 1.77. The van der Waals surface area contributed by atoms with Crippen molar-refractivity contribution in [1.82, 2.24) is 5.16 Å². The number of nitrogens with zero attached hydrogens (tertiary/aromatic N) is 2. The third kappa shape index (κ3) is 3.61. The third-order valence-electron chi connectivity index (χ3n) is 5.17. The Morgan fingerprint density at radius 2 is 1.69 bits per heavy atom. The Hall–Kier alpha value is -4.37. The molecule has 0 aliphatic heterocycles. The number of aliphatic hydroxyl groups is 1. The molecule has 0 radical (unpaired) electrons. The van der Waals surface area contributed by atoms with Gasteiger partial charge < -0.3 is 14.9 Å². The minimum absolute atomic E-state index is 0.158. The maximum atomic E-state index is 13.4. The Morgan fingerprint density at radius 3 is 2.34 bits per heavy atom. The van der Waals surface area contributed by atoms with Crippen LogP contribution < -0.4 is 10.9 Å². The third-order valence-corrected chi connectivity index (χ3v) is 5.17. The number of hydrogen-bond acceptors (Lipinski definition) is 7. The maximum absolute atomic E-state index is 13.4. The van der Waals surface area contributed by atoms with Gasteiger partial charge in [0, 0.05) is 23.2 Å². The Bertz CT molecular complexity index is 1380. The summed E-state index contributed by atoms with van der Waals surface area (Å²) in [5, 5.41) is 29.7. The van der Waals surface area contributed by atoms with Crippen molar-refractivity contribution in [3.05, 3.63) is 110 Å². The van der Waals surface area contributed by atoms with Gasteiger partial charge in [-0.2, -0.15) is 0 Å². The van der Waals surface area contributed by atoms with Gasteiger partial charge in [0.2, 0.25) is 0 Å². The van der Waals surface area contributed by atoms with Crippen molar-refractivity contribution in [2.75, 3.05) is 5.32 Å². The summed E-state index contributed by atoms with van der Waals surface area (Å²) < 4.78 is 4.71. The molecule has 9 nitrogen and oxygen atoms in total. The molecule has 0 saturated heterocycles. The number of nitro groups is 1. The SMILES string of the molecule is Cc1noc(=O)c2ccc(NC(=O)C(O)(c3ccccc3)c3ccc([N+](=O)[O-])cc3)cc12. The lowest BCUT2D eigenvalue weighted by Crippen LogP contribution is -2.41. The monoisotopic (exact) mass is 431 g/mol. The first kappa shape index (κ1) is 20.9. The van der Waals surface area contributed by atoms with Crippen LogP contribution in [-0.2, 0) is 10.4 Å². The smallest absolute Gasteiger partial charge is 0.366 e. The van der Waals surface area contributed by atoms with E-state index in [4.69, 9.17) is 4.52 Å². The molecular weight excluding hydrogens is 414 g/mol. The van der Waals surface area contributed by atoms with Crippen LogP contribution in [0.25, 0.3) is 10.8 Å². The van der Waals surface area contributed by atoms with Crippen molar-refractivity contribution >= 4 is 28.1 Å². The fourth-order valence-electron chi connectivity index (χ4n) is 3.46. The minimum atomic E-state index is -2.13. The largest absolute Gasteiger partial charge is 0.372 e. The lowest BCUT2D eigenvalue weighted by molar-refractivity contribution is -0.384. The van der Waals surface area contributed by atoms with Gasteiger partial charge in [0.15, 0.2) is 5.60 Å². The Kier molecular flexibility index (Phi) is 5.25. The highest BCUT2D eigenvalue weighted by Gasteiger charge is 2.40. The molecule has 1 amide bonds. The van der Waals surface area contributed by atoms with Crippen molar-refractivity contribution in [3.8, 4) is 0 Å². The molecule has 1 unspecified atom stereocenters. The van der Waals surface area contributed by atoms with Crippen LogP contribution in [0.2, 0.25) is 0 Å². The first-order chi connectivity index (χ1) is 15.3. The molecule has 4 aromatic rings.